The average Bonchev–Trinajstić information content (AvgIpc) is 3.17. The Morgan fingerprint density at radius 1 is 1.17 bits per heavy atom. The van der Waals surface area contributed by atoms with E-state index in [-0.39, 0.29) is 6.04 Å². The highest BCUT2D eigenvalue weighted by Gasteiger charge is 2.32. The van der Waals surface area contributed by atoms with E-state index in [9.17, 15) is 13.9 Å². The summed E-state index contributed by atoms with van der Waals surface area (Å²) in [7, 11) is 0. The second kappa shape index (κ2) is 5.96. The summed E-state index contributed by atoms with van der Waals surface area (Å²) >= 11 is 0. The number of aliphatic hydroxyl groups is 1. The molecule has 1 fully saturated rings. The number of β-amino-alcohol motifs (C(OH)–C–C–N with tert-alkyl or cyclic N) is 1. The molecule has 124 valence electrons. The molecule has 2 aromatic heterocycles. The SMILES string of the molecule is O[C@H]1C[C@H](c2ccc(F)c(F)c2)N(Cc2cccc3nccn23)C1. The van der Waals surface area contributed by atoms with E-state index < -0.39 is 17.7 Å². The van der Waals surface area contributed by atoms with Gasteiger partial charge >= 0.3 is 0 Å². The third-order valence-corrected chi connectivity index (χ3v) is 4.59. The van der Waals surface area contributed by atoms with Crippen molar-refractivity contribution < 1.29 is 13.9 Å². The van der Waals surface area contributed by atoms with Crippen molar-refractivity contribution in [1.82, 2.24) is 14.3 Å². The van der Waals surface area contributed by atoms with Crippen LogP contribution in [0, 0.1) is 11.6 Å². The number of pyridine rings is 1. The van der Waals surface area contributed by atoms with Crippen molar-refractivity contribution in [1.29, 1.82) is 0 Å². The number of aromatic nitrogens is 2. The normalized spacial score (nSPS) is 21.6. The molecule has 0 radical (unpaired) electrons. The molecule has 4 rings (SSSR count). The van der Waals surface area contributed by atoms with E-state index in [1.54, 1.807) is 12.3 Å². The number of aliphatic hydroxyl groups excluding tert-OH is 1. The Labute approximate surface area is 138 Å². The van der Waals surface area contributed by atoms with Crippen molar-refractivity contribution in [2.75, 3.05) is 6.54 Å². The van der Waals surface area contributed by atoms with E-state index in [2.05, 4.69) is 9.88 Å². The average molecular weight is 329 g/mol. The van der Waals surface area contributed by atoms with Crippen molar-refractivity contribution in [2.24, 2.45) is 0 Å². The lowest BCUT2D eigenvalue weighted by molar-refractivity contribution is 0.172. The molecule has 24 heavy (non-hydrogen) atoms. The number of rotatable bonds is 3. The van der Waals surface area contributed by atoms with Gasteiger partial charge in [-0.2, -0.15) is 0 Å². The predicted molar refractivity (Wildman–Crippen MR) is 85.3 cm³/mol. The van der Waals surface area contributed by atoms with E-state index in [0.717, 1.165) is 17.4 Å². The first-order chi connectivity index (χ1) is 11.6. The molecule has 1 N–H and O–H groups in total. The van der Waals surface area contributed by atoms with Crippen LogP contribution in [0.1, 0.15) is 23.7 Å². The Hall–Kier alpha value is -2.31. The third-order valence-electron chi connectivity index (χ3n) is 4.59. The highest BCUT2D eigenvalue weighted by Crippen LogP contribution is 2.34. The fourth-order valence-electron chi connectivity index (χ4n) is 3.46. The van der Waals surface area contributed by atoms with Gasteiger partial charge in [0.15, 0.2) is 11.6 Å². The molecule has 6 heteroatoms. The number of fused-ring (bicyclic) bond motifs is 1. The number of benzene rings is 1. The molecular weight excluding hydrogens is 312 g/mol. The summed E-state index contributed by atoms with van der Waals surface area (Å²) in [5.74, 6) is -1.71. The van der Waals surface area contributed by atoms with Crippen LogP contribution in [0.2, 0.25) is 0 Å². The van der Waals surface area contributed by atoms with E-state index in [1.807, 2.05) is 28.8 Å². The first-order valence-corrected chi connectivity index (χ1v) is 7.90. The van der Waals surface area contributed by atoms with Crippen molar-refractivity contribution in [3.63, 3.8) is 0 Å². The predicted octanol–water partition coefficient (Wildman–Crippen LogP) is 2.92. The molecule has 0 saturated carbocycles. The molecule has 0 spiro atoms. The minimum atomic E-state index is -0.856. The van der Waals surface area contributed by atoms with Crippen LogP contribution < -0.4 is 0 Å². The summed E-state index contributed by atoms with van der Waals surface area (Å²) in [4.78, 5) is 6.36. The highest BCUT2D eigenvalue weighted by atomic mass is 19.2. The molecule has 1 aliphatic heterocycles. The van der Waals surface area contributed by atoms with Crippen LogP contribution in [0.5, 0.6) is 0 Å². The van der Waals surface area contributed by atoms with Gasteiger partial charge in [0.1, 0.15) is 5.65 Å². The summed E-state index contributed by atoms with van der Waals surface area (Å²) in [6.45, 7) is 1.09. The van der Waals surface area contributed by atoms with Gasteiger partial charge in [0.05, 0.1) is 6.10 Å². The molecule has 4 nitrogen and oxygen atoms in total. The van der Waals surface area contributed by atoms with Crippen LogP contribution in [-0.4, -0.2) is 32.0 Å². The van der Waals surface area contributed by atoms with E-state index in [0.29, 0.717) is 25.1 Å². The molecule has 0 unspecified atom stereocenters. The Kier molecular flexibility index (Phi) is 3.78. The fourth-order valence-corrected chi connectivity index (χ4v) is 3.46. The number of likely N-dealkylation sites (tertiary alicyclic amines) is 1. The number of imidazole rings is 1. The molecule has 1 aromatic carbocycles. The van der Waals surface area contributed by atoms with E-state index in [4.69, 9.17) is 0 Å². The zero-order valence-electron chi connectivity index (χ0n) is 12.9. The minimum absolute atomic E-state index is 0.145. The largest absolute Gasteiger partial charge is 0.392 e. The Morgan fingerprint density at radius 3 is 2.88 bits per heavy atom. The second-order valence-corrected chi connectivity index (χ2v) is 6.18. The minimum Gasteiger partial charge on any atom is -0.392 e. The third kappa shape index (κ3) is 2.68. The molecular formula is C18H17F2N3O. The highest BCUT2D eigenvalue weighted by molar-refractivity contribution is 5.39. The molecule has 0 aliphatic carbocycles. The quantitative estimate of drug-likeness (QED) is 0.803. The molecule has 1 saturated heterocycles. The zero-order valence-corrected chi connectivity index (χ0v) is 12.9. The maximum atomic E-state index is 13.6. The molecule has 3 heterocycles. The maximum absolute atomic E-state index is 13.6. The number of hydrogen-bond donors (Lipinski definition) is 1. The van der Waals surface area contributed by atoms with Gasteiger partial charge in [-0.3, -0.25) is 4.90 Å². The lowest BCUT2D eigenvalue weighted by atomic mass is 10.0. The van der Waals surface area contributed by atoms with Gasteiger partial charge in [-0.05, 0) is 36.2 Å². The van der Waals surface area contributed by atoms with Crippen LogP contribution in [-0.2, 0) is 6.54 Å². The topological polar surface area (TPSA) is 40.8 Å². The summed E-state index contributed by atoms with van der Waals surface area (Å²) in [5, 5.41) is 10.1. The van der Waals surface area contributed by atoms with Crippen LogP contribution in [0.15, 0.2) is 48.8 Å². The van der Waals surface area contributed by atoms with Crippen molar-refractivity contribution in [3.8, 4) is 0 Å². The lowest BCUT2D eigenvalue weighted by Gasteiger charge is -2.25. The van der Waals surface area contributed by atoms with Crippen LogP contribution >= 0.6 is 0 Å². The van der Waals surface area contributed by atoms with Crippen LogP contribution in [0.25, 0.3) is 5.65 Å². The molecule has 2 atom stereocenters. The van der Waals surface area contributed by atoms with Gasteiger partial charge in [0.2, 0.25) is 0 Å². The van der Waals surface area contributed by atoms with Gasteiger partial charge in [-0.25, -0.2) is 13.8 Å². The fraction of sp³-hybridized carbons (Fsp3) is 0.278. The Morgan fingerprint density at radius 2 is 2.04 bits per heavy atom. The van der Waals surface area contributed by atoms with Crippen molar-refractivity contribution >= 4 is 5.65 Å². The summed E-state index contributed by atoms with van der Waals surface area (Å²) in [6, 6.07) is 9.68. The molecule has 0 bridgehead atoms. The standard InChI is InChI=1S/C18H17F2N3O/c19-15-5-4-12(8-16(15)20)17-9-14(24)11-22(17)10-13-2-1-3-18-21-6-7-23(13)18/h1-8,14,17,24H,9-11H2/t14-,17+/m0/s1. The van der Waals surface area contributed by atoms with E-state index >= 15 is 0 Å². The summed E-state index contributed by atoms with van der Waals surface area (Å²) < 4.78 is 28.8. The first-order valence-electron chi connectivity index (χ1n) is 7.90. The zero-order chi connectivity index (χ0) is 16.7. The second-order valence-electron chi connectivity index (χ2n) is 6.18. The number of hydrogen-bond acceptors (Lipinski definition) is 3. The van der Waals surface area contributed by atoms with Gasteiger partial charge < -0.3 is 9.51 Å². The van der Waals surface area contributed by atoms with Gasteiger partial charge in [-0.15, -0.1) is 0 Å². The molecule has 3 aromatic rings. The number of halogens is 2. The lowest BCUT2D eigenvalue weighted by Crippen LogP contribution is -2.25. The van der Waals surface area contributed by atoms with Crippen LogP contribution in [0.4, 0.5) is 8.78 Å². The van der Waals surface area contributed by atoms with Crippen LogP contribution in [0.3, 0.4) is 0 Å². The summed E-state index contributed by atoms with van der Waals surface area (Å²) in [6.07, 6.45) is 3.66. The van der Waals surface area contributed by atoms with Gasteiger partial charge in [0, 0.05) is 37.2 Å². The van der Waals surface area contributed by atoms with Gasteiger partial charge in [0.25, 0.3) is 0 Å². The Balaban J connectivity index is 1.65. The van der Waals surface area contributed by atoms with Crippen molar-refractivity contribution in [2.45, 2.75) is 25.1 Å². The monoisotopic (exact) mass is 329 g/mol. The summed E-state index contributed by atoms with van der Waals surface area (Å²) in [5.41, 5.74) is 2.58. The Bertz CT molecular complexity index is 880. The van der Waals surface area contributed by atoms with Gasteiger partial charge in [-0.1, -0.05) is 12.1 Å². The molecule has 1 aliphatic rings. The maximum Gasteiger partial charge on any atom is 0.159 e. The smallest absolute Gasteiger partial charge is 0.159 e. The first kappa shape index (κ1) is 15.2. The number of nitrogens with zero attached hydrogens (tertiary/aromatic N) is 3. The molecule has 0 amide bonds. The van der Waals surface area contributed by atoms with Crippen molar-refractivity contribution in [3.05, 3.63) is 71.7 Å². The van der Waals surface area contributed by atoms with E-state index in [1.165, 1.54) is 6.07 Å².